The van der Waals surface area contributed by atoms with Crippen molar-refractivity contribution in [2.75, 3.05) is 0 Å². The van der Waals surface area contributed by atoms with Crippen LogP contribution in [0.25, 0.3) is 0 Å². The number of hydrogen-bond acceptors (Lipinski definition) is 3. The summed E-state index contributed by atoms with van der Waals surface area (Å²) in [6, 6.07) is 7.15. The van der Waals surface area contributed by atoms with Gasteiger partial charge in [0.15, 0.2) is 0 Å². The van der Waals surface area contributed by atoms with Crippen molar-refractivity contribution in [1.82, 2.24) is 0 Å². The first-order chi connectivity index (χ1) is 9.62. The van der Waals surface area contributed by atoms with Crippen LogP contribution in [-0.2, 0) is 0 Å². The number of hydrogen-bond donors (Lipinski definition) is 0. The normalized spacial score (nSPS) is 38.1. The van der Waals surface area contributed by atoms with Crippen molar-refractivity contribution >= 4 is 17.4 Å². The first-order valence-electron chi connectivity index (χ1n) is 7.55. The Balaban J connectivity index is 1.55. The Kier molecular flexibility index (Phi) is 2.85. The standard InChI is InChI=1S/C16H19NO2S/c18-17(19)14-1-3-15(4-2-14)20-16-8-11-5-12(9-16)7-13(6-11)10-16/h1-4,11-13H,5-10H2. The molecule has 20 heavy (non-hydrogen) atoms. The molecule has 4 aliphatic carbocycles. The van der Waals surface area contributed by atoms with E-state index in [4.69, 9.17) is 0 Å². The second kappa shape index (κ2) is 4.48. The molecule has 0 aromatic heterocycles. The average molecular weight is 289 g/mol. The highest BCUT2D eigenvalue weighted by molar-refractivity contribution is 8.00. The molecule has 0 radical (unpaired) electrons. The monoisotopic (exact) mass is 289 g/mol. The van der Waals surface area contributed by atoms with E-state index in [0.29, 0.717) is 4.75 Å². The zero-order valence-corrected chi connectivity index (χ0v) is 12.3. The zero-order valence-electron chi connectivity index (χ0n) is 11.5. The summed E-state index contributed by atoms with van der Waals surface area (Å²) in [5, 5.41) is 10.7. The van der Waals surface area contributed by atoms with Crippen LogP contribution in [0.2, 0.25) is 0 Å². The predicted octanol–water partition coefficient (Wildman–Crippen LogP) is 4.66. The third-order valence-electron chi connectivity index (χ3n) is 5.36. The minimum atomic E-state index is -0.320. The number of nitro groups is 1. The van der Waals surface area contributed by atoms with Gasteiger partial charge in [-0.15, -0.1) is 11.8 Å². The van der Waals surface area contributed by atoms with Crippen LogP contribution < -0.4 is 0 Å². The van der Waals surface area contributed by atoms with Crippen LogP contribution in [0.1, 0.15) is 38.5 Å². The second-order valence-electron chi connectivity index (χ2n) is 6.95. The molecule has 1 aromatic carbocycles. The van der Waals surface area contributed by atoms with E-state index in [-0.39, 0.29) is 10.6 Å². The zero-order chi connectivity index (χ0) is 13.7. The molecule has 0 unspecified atom stereocenters. The van der Waals surface area contributed by atoms with E-state index in [2.05, 4.69) is 0 Å². The van der Waals surface area contributed by atoms with E-state index >= 15 is 0 Å². The molecule has 0 atom stereocenters. The van der Waals surface area contributed by atoms with Crippen molar-refractivity contribution in [3.8, 4) is 0 Å². The van der Waals surface area contributed by atoms with E-state index < -0.39 is 0 Å². The van der Waals surface area contributed by atoms with Crippen LogP contribution in [0, 0.1) is 27.9 Å². The number of thioether (sulfide) groups is 1. The maximum Gasteiger partial charge on any atom is 0.269 e. The number of non-ortho nitro benzene ring substituents is 1. The maximum absolute atomic E-state index is 10.7. The van der Waals surface area contributed by atoms with Crippen molar-refractivity contribution < 1.29 is 4.92 Å². The van der Waals surface area contributed by atoms with E-state index in [1.807, 2.05) is 23.9 Å². The lowest BCUT2D eigenvalue weighted by molar-refractivity contribution is -0.384. The van der Waals surface area contributed by atoms with Crippen molar-refractivity contribution in [1.29, 1.82) is 0 Å². The Morgan fingerprint density at radius 3 is 1.95 bits per heavy atom. The van der Waals surface area contributed by atoms with Crippen molar-refractivity contribution in [3.05, 3.63) is 34.4 Å². The predicted molar refractivity (Wildman–Crippen MR) is 79.9 cm³/mol. The first-order valence-corrected chi connectivity index (χ1v) is 8.37. The molecular weight excluding hydrogens is 270 g/mol. The minimum Gasteiger partial charge on any atom is -0.258 e. The molecule has 4 saturated carbocycles. The molecule has 0 saturated heterocycles. The number of nitrogens with zero attached hydrogens (tertiary/aromatic N) is 1. The van der Waals surface area contributed by atoms with Gasteiger partial charge in [0.1, 0.15) is 0 Å². The van der Waals surface area contributed by atoms with Gasteiger partial charge in [-0.05, 0) is 68.4 Å². The van der Waals surface area contributed by atoms with Crippen LogP contribution in [-0.4, -0.2) is 9.67 Å². The molecule has 5 rings (SSSR count). The summed E-state index contributed by atoms with van der Waals surface area (Å²) in [7, 11) is 0. The van der Waals surface area contributed by atoms with E-state index in [1.54, 1.807) is 12.1 Å². The van der Waals surface area contributed by atoms with Gasteiger partial charge < -0.3 is 0 Å². The fourth-order valence-electron chi connectivity index (χ4n) is 5.04. The Labute approximate surface area is 123 Å². The number of benzene rings is 1. The van der Waals surface area contributed by atoms with Crippen LogP contribution in [0.4, 0.5) is 5.69 Å². The lowest BCUT2D eigenvalue weighted by Crippen LogP contribution is -2.48. The van der Waals surface area contributed by atoms with Crippen LogP contribution in [0.3, 0.4) is 0 Å². The van der Waals surface area contributed by atoms with Gasteiger partial charge in [-0.25, -0.2) is 0 Å². The van der Waals surface area contributed by atoms with Crippen LogP contribution in [0.5, 0.6) is 0 Å². The summed E-state index contributed by atoms with van der Waals surface area (Å²) in [6.45, 7) is 0. The van der Waals surface area contributed by atoms with Gasteiger partial charge in [-0.1, -0.05) is 0 Å². The van der Waals surface area contributed by atoms with Gasteiger partial charge >= 0.3 is 0 Å². The Bertz CT molecular complexity index is 505. The lowest BCUT2D eigenvalue weighted by atomic mass is 9.56. The largest absolute Gasteiger partial charge is 0.269 e. The SMILES string of the molecule is O=[N+]([O-])c1ccc(SC23CC4CC(CC(C4)C2)C3)cc1. The van der Waals surface area contributed by atoms with Crippen molar-refractivity contribution in [2.24, 2.45) is 17.8 Å². The number of rotatable bonds is 3. The fourth-order valence-corrected chi connectivity index (χ4v) is 6.77. The summed E-state index contributed by atoms with van der Waals surface area (Å²) in [5.74, 6) is 2.85. The van der Waals surface area contributed by atoms with Crippen LogP contribution >= 0.6 is 11.8 Å². The molecule has 4 aliphatic rings. The summed E-state index contributed by atoms with van der Waals surface area (Å²) >= 11 is 2.00. The summed E-state index contributed by atoms with van der Waals surface area (Å²) in [5.41, 5.74) is 0.194. The van der Waals surface area contributed by atoms with Gasteiger partial charge in [-0.2, -0.15) is 0 Å². The molecule has 0 aliphatic heterocycles. The summed E-state index contributed by atoms with van der Waals surface area (Å²) < 4.78 is 0.435. The van der Waals surface area contributed by atoms with E-state index in [1.165, 1.54) is 43.4 Å². The Morgan fingerprint density at radius 2 is 1.50 bits per heavy atom. The van der Waals surface area contributed by atoms with Gasteiger partial charge in [0.2, 0.25) is 0 Å². The third-order valence-corrected chi connectivity index (χ3v) is 6.80. The lowest BCUT2D eigenvalue weighted by Gasteiger charge is -2.56. The molecule has 0 amide bonds. The average Bonchev–Trinajstić information content (AvgIpc) is 2.37. The Hall–Kier alpha value is -1.03. The number of nitro benzene ring substituents is 1. The molecule has 3 nitrogen and oxygen atoms in total. The smallest absolute Gasteiger partial charge is 0.258 e. The molecule has 0 heterocycles. The van der Waals surface area contributed by atoms with Gasteiger partial charge in [-0.3, -0.25) is 10.1 Å². The molecule has 4 bridgehead atoms. The van der Waals surface area contributed by atoms with Crippen molar-refractivity contribution in [2.45, 2.75) is 48.2 Å². The van der Waals surface area contributed by atoms with E-state index in [9.17, 15) is 10.1 Å². The van der Waals surface area contributed by atoms with Gasteiger partial charge in [0.25, 0.3) is 5.69 Å². The molecule has 4 heteroatoms. The molecular formula is C16H19NO2S. The maximum atomic E-state index is 10.7. The molecule has 1 aromatic rings. The Morgan fingerprint density at radius 1 is 1.00 bits per heavy atom. The van der Waals surface area contributed by atoms with Gasteiger partial charge in [0, 0.05) is 21.8 Å². The third kappa shape index (κ3) is 2.14. The minimum absolute atomic E-state index is 0.194. The van der Waals surface area contributed by atoms with Crippen LogP contribution in [0.15, 0.2) is 29.2 Å². The molecule has 0 spiro atoms. The van der Waals surface area contributed by atoms with Crippen molar-refractivity contribution in [3.63, 3.8) is 0 Å². The quantitative estimate of drug-likeness (QED) is 0.600. The highest BCUT2D eigenvalue weighted by Crippen LogP contribution is 2.61. The highest BCUT2D eigenvalue weighted by atomic mass is 32.2. The topological polar surface area (TPSA) is 43.1 Å². The first kappa shape index (κ1) is 12.7. The molecule has 106 valence electrons. The van der Waals surface area contributed by atoms with E-state index in [0.717, 1.165) is 17.8 Å². The fraction of sp³-hybridized carbons (Fsp3) is 0.625. The molecule has 0 N–H and O–H groups in total. The molecule has 4 fully saturated rings. The second-order valence-corrected chi connectivity index (χ2v) is 8.50. The highest BCUT2D eigenvalue weighted by Gasteiger charge is 2.51. The summed E-state index contributed by atoms with van der Waals surface area (Å²) in [6.07, 6.45) is 8.46. The van der Waals surface area contributed by atoms with Gasteiger partial charge in [0.05, 0.1) is 4.92 Å². The summed E-state index contributed by atoms with van der Waals surface area (Å²) in [4.78, 5) is 11.6.